The molecule has 1 N–H and O–H groups in total. The van der Waals surface area contributed by atoms with Crippen molar-refractivity contribution in [3.8, 4) is 5.88 Å². The van der Waals surface area contributed by atoms with Gasteiger partial charge in [-0.1, -0.05) is 12.1 Å². The molecular weight excluding hydrogens is 528 g/mol. The van der Waals surface area contributed by atoms with Gasteiger partial charge >= 0.3 is 6.18 Å². The Labute approximate surface area is 230 Å². The second-order valence-electron chi connectivity index (χ2n) is 11.1. The first-order valence-corrected chi connectivity index (χ1v) is 13.8. The fourth-order valence-electron chi connectivity index (χ4n) is 5.90. The first kappa shape index (κ1) is 28.3. The van der Waals surface area contributed by atoms with Gasteiger partial charge in [0.15, 0.2) is 6.61 Å². The minimum atomic E-state index is -4.42. The highest BCUT2D eigenvalue weighted by Gasteiger charge is 2.37. The quantitative estimate of drug-likeness (QED) is 0.504. The van der Waals surface area contributed by atoms with E-state index < -0.39 is 18.5 Å². The van der Waals surface area contributed by atoms with E-state index in [9.17, 15) is 22.8 Å². The average molecular weight is 563 g/mol. The summed E-state index contributed by atoms with van der Waals surface area (Å²) < 4.78 is 57.9. The Morgan fingerprint density at radius 2 is 1.90 bits per heavy atom. The Morgan fingerprint density at radius 1 is 1.15 bits per heavy atom. The van der Waals surface area contributed by atoms with E-state index in [0.29, 0.717) is 75.7 Å². The van der Waals surface area contributed by atoms with Crippen molar-refractivity contribution in [1.82, 2.24) is 20.1 Å². The van der Waals surface area contributed by atoms with Crippen LogP contribution in [0, 0.1) is 0 Å². The van der Waals surface area contributed by atoms with E-state index >= 15 is 4.39 Å². The van der Waals surface area contributed by atoms with Gasteiger partial charge in [-0.25, -0.2) is 9.37 Å². The van der Waals surface area contributed by atoms with Crippen LogP contribution in [0.5, 0.6) is 5.88 Å². The second-order valence-corrected chi connectivity index (χ2v) is 11.1. The van der Waals surface area contributed by atoms with Crippen molar-refractivity contribution in [3.63, 3.8) is 0 Å². The molecule has 0 saturated heterocycles. The predicted molar refractivity (Wildman–Crippen MR) is 140 cm³/mol. The van der Waals surface area contributed by atoms with E-state index in [1.54, 1.807) is 36.2 Å². The molecule has 7 nitrogen and oxygen atoms in total. The summed E-state index contributed by atoms with van der Waals surface area (Å²) >= 11 is 0. The van der Waals surface area contributed by atoms with E-state index in [1.165, 1.54) is 6.07 Å². The van der Waals surface area contributed by atoms with Crippen LogP contribution >= 0.6 is 0 Å². The SMILES string of the molecule is CN1Cc2c(C(=O)NC3CCC(F)(CCN4CCc5ccc(OCC(F)(F)F)nc5CC4)CC3)cccc2C1=O. The minimum Gasteiger partial charge on any atom is -0.468 e. The Hall–Kier alpha value is -3.21. The highest BCUT2D eigenvalue weighted by atomic mass is 19.4. The molecule has 0 radical (unpaired) electrons. The zero-order chi connectivity index (χ0) is 28.5. The van der Waals surface area contributed by atoms with Gasteiger partial charge in [0.25, 0.3) is 11.8 Å². The van der Waals surface area contributed by atoms with Crippen LogP contribution in [0.3, 0.4) is 0 Å². The lowest BCUT2D eigenvalue weighted by Gasteiger charge is -2.35. The molecule has 5 rings (SSSR count). The lowest BCUT2D eigenvalue weighted by molar-refractivity contribution is -0.154. The number of ether oxygens (including phenoxy) is 1. The lowest BCUT2D eigenvalue weighted by Crippen LogP contribution is -2.43. The number of pyridine rings is 1. The van der Waals surface area contributed by atoms with Crippen LogP contribution in [-0.4, -0.2) is 77.8 Å². The van der Waals surface area contributed by atoms with Gasteiger partial charge in [0.05, 0.1) is 0 Å². The number of carbonyl (C=O) groups excluding carboxylic acids is 2. The van der Waals surface area contributed by atoms with Crippen LogP contribution in [0.15, 0.2) is 30.3 Å². The Bertz CT molecular complexity index is 1260. The number of nitrogens with zero attached hydrogens (tertiary/aromatic N) is 3. The number of benzene rings is 1. The van der Waals surface area contributed by atoms with Gasteiger partial charge in [0.1, 0.15) is 5.67 Å². The van der Waals surface area contributed by atoms with Gasteiger partial charge in [-0.15, -0.1) is 0 Å². The molecule has 0 unspecified atom stereocenters. The number of amides is 2. The number of nitrogens with one attached hydrogen (secondary N) is 1. The zero-order valence-corrected chi connectivity index (χ0v) is 22.5. The van der Waals surface area contributed by atoms with Gasteiger partial charge in [-0.3, -0.25) is 9.59 Å². The third kappa shape index (κ3) is 6.56. The van der Waals surface area contributed by atoms with Crippen LogP contribution < -0.4 is 10.1 Å². The van der Waals surface area contributed by atoms with Crippen LogP contribution in [0.2, 0.25) is 0 Å². The van der Waals surface area contributed by atoms with Crippen molar-refractivity contribution in [1.29, 1.82) is 0 Å². The van der Waals surface area contributed by atoms with Crippen molar-refractivity contribution in [3.05, 3.63) is 58.3 Å². The minimum absolute atomic E-state index is 0.0337. The molecule has 216 valence electrons. The van der Waals surface area contributed by atoms with E-state index in [2.05, 4.69) is 15.2 Å². The van der Waals surface area contributed by atoms with Crippen molar-refractivity contribution >= 4 is 11.8 Å². The molecule has 2 amide bonds. The maximum atomic E-state index is 15.7. The van der Waals surface area contributed by atoms with Crippen LogP contribution in [-0.2, 0) is 19.4 Å². The summed E-state index contributed by atoms with van der Waals surface area (Å²) in [6.07, 6.45) is -0.949. The van der Waals surface area contributed by atoms with E-state index in [0.717, 1.165) is 23.4 Å². The summed E-state index contributed by atoms with van der Waals surface area (Å²) in [5.74, 6) is -0.344. The normalized spacial score (nSPS) is 23.4. The van der Waals surface area contributed by atoms with Crippen LogP contribution in [0.25, 0.3) is 0 Å². The van der Waals surface area contributed by atoms with Crippen LogP contribution in [0.4, 0.5) is 17.6 Å². The molecule has 0 atom stereocenters. The highest BCUT2D eigenvalue weighted by molar-refractivity contribution is 6.04. The molecule has 40 heavy (non-hydrogen) atoms. The van der Waals surface area contributed by atoms with Gasteiger partial charge in [-0.05, 0) is 61.8 Å². The first-order chi connectivity index (χ1) is 19.0. The summed E-state index contributed by atoms with van der Waals surface area (Å²) in [7, 11) is 1.71. The molecule has 2 aromatic rings. The van der Waals surface area contributed by atoms with Gasteiger partial charge < -0.3 is 19.9 Å². The molecule has 2 aliphatic heterocycles. The Kier molecular flexibility index (Phi) is 8.03. The molecule has 11 heteroatoms. The summed E-state index contributed by atoms with van der Waals surface area (Å²) in [5.41, 5.74) is 2.21. The molecule has 1 aliphatic carbocycles. The van der Waals surface area contributed by atoms with E-state index in [4.69, 9.17) is 4.74 Å². The van der Waals surface area contributed by atoms with Gasteiger partial charge in [0, 0.05) is 68.6 Å². The molecular formula is C29H34F4N4O3. The smallest absolute Gasteiger partial charge is 0.422 e. The fourth-order valence-corrected chi connectivity index (χ4v) is 5.90. The average Bonchev–Trinajstić information content (AvgIpc) is 3.08. The van der Waals surface area contributed by atoms with Gasteiger partial charge in [-0.2, -0.15) is 13.2 Å². The Balaban J connectivity index is 1.09. The molecule has 0 bridgehead atoms. The monoisotopic (exact) mass is 562 g/mol. The van der Waals surface area contributed by atoms with Crippen LogP contribution in [0.1, 0.15) is 69.6 Å². The molecule has 1 aromatic heterocycles. The number of carbonyl (C=O) groups is 2. The van der Waals surface area contributed by atoms with E-state index in [-0.39, 0.29) is 23.7 Å². The molecule has 1 fully saturated rings. The number of alkyl halides is 4. The summed E-state index contributed by atoms with van der Waals surface area (Å²) in [5, 5.41) is 3.05. The number of halogens is 4. The Morgan fingerprint density at radius 3 is 2.65 bits per heavy atom. The van der Waals surface area contributed by atoms with E-state index in [1.807, 2.05) is 0 Å². The molecule has 1 aromatic carbocycles. The molecule has 1 saturated carbocycles. The molecule has 3 heterocycles. The second kappa shape index (κ2) is 11.3. The van der Waals surface area contributed by atoms with Gasteiger partial charge in [0.2, 0.25) is 5.88 Å². The zero-order valence-electron chi connectivity index (χ0n) is 22.5. The first-order valence-electron chi connectivity index (χ1n) is 13.8. The summed E-state index contributed by atoms with van der Waals surface area (Å²) in [6, 6.07) is 8.31. The molecule has 3 aliphatic rings. The number of fused-ring (bicyclic) bond motifs is 2. The summed E-state index contributed by atoms with van der Waals surface area (Å²) in [6.45, 7) is 0.986. The fraction of sp³-hybridized carbons (Fsp3) is 0.552. The number of rotatable bonds is 7. The molecule has 0 spiro atoms. The predicted octanol–water partition coefficient (Wildman–Crippen LogP) is 4.48. The summed E-state index contributed by atoms with van der Waals surface area (Å²) in [4.78, 5) is 33.3. The maximum Gasteiger partial charge on any atom is 0.422 e. The maximum absolute atomic E-state index is 15.7. The number of aromatic nitrogens is 1. The topological polar surface area (TPSA) is 74.8 Å². The van der Waals surface area contributed by atoms with Crippen molar-refractivity contribution in [2.24, 2.45) is 0 Å². The van der Waals surface area contributed by atoms with Crippen molar-refractivity contribution in [2.45, 2.75) is 69.4 Å². The van der Waals surface area contributed by atoms with Crippen molar-refractivity contribution < 1.29 is 31.9 Å². The van der Waals surface area contributed by atoms with Crippen molar-refractivity contribution in [2.75, 3.05) is 33.3 Å². The largest absolute Gasteiger partial charge is 0.468 e. The standard InChI is InChI=1S/C29H34F4N4O3/c1-36-17-23-21(3-2-4-22(23)27(36)39)26(38)34-20-7-11-28(30,12-8-20)13-16-37-14-9-19-5-6-25(35-24(19)10-15-37)40-18-29(31,32)33/h2-6,20H,7-18H2,1H3,(H,34,38). The number of hydrogen-bond donors (Lipinski definition) is 1. The third-order valence-corrected chi connectivity index (χ3v) is 8.27. The highest BCUT2D eigenvalue weighted by Crippen LogP contribution is 2.36. The third-order valence-electron chi connectivity index (χ3n) is 8.27. The number of hydrogen-bond acceptors (Lipinski definition) is 5. The lowest BCUT2D eigenvalue weighted by atomic mass is 9.81.